The minimum absolute atomic E-state index is 0.0152. The van der Waals surface area contributed by atoms with Crippen LogP contribution in [0.25, 0.3) is 0 Å². The van der Waals surface area contributed by atoms with E-state index in [1.54, 1.807) is 6.07 Å². The number of benzene rings is 1. The fourth-order valence-electron chi connectivity index (χ4n) is 1.29. The minimum Gasteiger partial charge on any atom is -0.507 e. The van der Waals surface area contributed by atoms with Gasteiger partial charge in [-0.2, -0.15) is 0 Å². The highest BCUT2D eigenvalue weighted by atomic mass is 16.4. The van der Waals surface area contributed by atoms with Crippen LogP contribution < -0.4 is 5.73 Å². The molecule has 0 unspecified atom stereocenters. The number of rotatable bonds is 4. The molecule has 1 aromatic carbocycles. The standard InChI is InChI=1S/C11H14O3.CH3NO/c1-2-3-4-8-5-6-10(12)9(7-8)11(13)14;2-1-3/h5-7,12H,2-4H2,1H3,(H,13,14);1H,(H2,2,3). The van der Waals surface area contributed by atoms with Crippen LogP contribution in [0.4, 0.5) is 0 Å². The van der Waals surface area contributed by atoms with Gasteiger partial charge < -0.3 is 15.9 Å². The van der Waals surface area contributed by atoms with Crippen molar-refractivity contribution >= 4 is 12.4 Å². The van der Waals surface area contributed by atoms with Crippen molar-refractivity contribution in [3.8, 4) is 5.75 Å². The van der Waals surface area contributed by atoms with E-state index < -0.39 is 5.97 Å². The highest BCUT2D eigenvalue weighted by molar-refractivity contribution is 5.90. The second-order valence-electron chi connectivity index (χ2n) is 3.40. The molecule has 5 nitrogen and oxygen atoms in total. The molecular weight excluding hydrogens is 222 g/mol. The molecule has 0 spiro atoms. The van der Waals surface area contributed by atoms with Gasteiger partial charge in [0.2, 0.25) is 6.41 Å². The van der Waals surface area contributed by atoms with Gasteiger partial charge in [-0.05, 0) is 30.5 Å². The Bertz CT molecular complexity index is 377. The first kappa shape index (κ1) is 15.0. The molecule has 0 fully saturated rings. The van der Waals surface area contributed by atoms with Crippen LogP contribution in [0.3, 0.4) is 0 Å². The van der Waals surface area contributed by atoms with Gasteiger partial charge in [0.15, 0.2) is 0 Å². The number of hydrogen-bond donors (Lipinski definition) is 3. The van der Waals surface area contributed by atoms with Crippen LogP contribution >= 0.6 is 0 Å². The Morgan fingerprint density at radius 2 is 2.06 bits per heavy atom. The number of hydrogen-bond acceptors (Lipinski definition) is 3. The van der Waals surface area contributed by atoms with Crippen LogP contribution in [-0.2, 0) is 11.2 Å². The maximum absolute atomic E-state index is 10.7. The molecule has 17 heavy (non-hydrogen) atoms. The Morgan fingerprint density at radius 3 is 2.53 bits per heavy atom. The summed E-state index contributed by atoms with van der Waals surface area (Å²) >= 11 is 0. The van der Waals surface area contributed by atoms with E-state index >= 15 is 0 Å². The first-order valence-electron chi connectivity index (χ1n) is 5.27. The summed E-state index contributed by atoms with van der Waals surface area (Å²) in [4.78, 5) is 19.3. The second-order valence-corrected chi connectivity index (χ2v) is 3.40. The average Bonchev–Trinajstić information content (AvgIpc) is 2.28. The molecule has 4 N–H and O–H groups in total. The number of primary amides is 1. The lowest BCUT2D eigenvalue weighted by Crippen LogP contribution is -1.98. The third kappa shape index (κ3) is 5.55. The van der Waals surface area contributed by atoms with E-state index in [9.17, 15) is 9.90 Å². The van der Waals surface area contributed by atoms with Crippen molar-refractivity contribution < 1.29 is 19.8 Å². The van der Waals surface area contributed by atoms with E-state index in [1.807, 2.05) is 0 Å². The van der Waals surface area contributed by atoms with Crippen LogP contribution in [0, 0.1) is 0 Å². The van der Waals surface area contributed by atoms with Crippen LogP contribution in [0.15, 0.2) is 18.2 Å². The van der Waals surface area contributed by atoms with Gasteiger partial charge in [0.25, 0.3) is 0 Å². The smallest absolute Gasteiger partial charge is 0.339 e. The van der Waals surface area contributed by atoms with Crippen molar-refractivity contribution in [2.75, 3.05) is 0 Å². The second kappa shape index (κ2) is 8.15. The maximum Gasteiger partial charge on any atom is 0.339 e. The summed E-state index contributed by atoms with van der Waals surface area (Å²) in [5, 5.41) is 18.0. The number of unbranched alkanes of at least 4 members (excludes halogenated alkanes) is 1. The Labute approximate surface area is 99.9 Å². The molecule has 0 saturated heterocycles. The van der Waals surface area contributed by atoms with E-state index in [0.717, 1.165) is 24.8 Å². The molecule has 0 aromatic heterocycles. The van der Waals surface area contributed by atoms with Gasteiger partial charge in [0, 0.05) is 0 Å². The van der Waals surface area contributed by atoms with Crippen molar-refractivity contribution in [1.82, 2.24) is 0 Å². The number of carbonyl (C=O) groups is 2. The molecule has 0 atom stereocenters. The van der Waals surface area contributed by atoms with Gasteiger partial charge in [0.1, 0.15) is 11.3 Å². The molecule has 0 saturated carbocycles. The van der Waals surface area contributed by atoms with Crippen molar-refractivity contribution in [2.45, 2.75) is 26.2 Å². The van der Waals surface area contributed by atoms with E-state index in [4.69, 9.17) is 9.90 Å². The fraction of sp³-hybridized carbons (Fsp3) is 0.333. The Balaban J connectivity index is 0.000000770. The molecule has 0 radical (unpaired) electrons. The van der Waals surface area contributed by atoms with Crippen LogP contribution in [0.5, 0.6) is 5.75 Å². The Hall–Kier alpha value is -2.04. The fourth-order valence-corrected chi connectivity index (χ4v) is 1.29. The van der Waals surface area contributed by atoms with Crippen molar-refractivity contribution in [2.24, 2.45) is 5.73 Å². The Kier molecular flexibility index (Phi) is 7.17. The lowest BCUT2D eigenvalue weighted by molar-refractivity contribution is -0.106. The maximum atomic E-state index is 10.7. The predicted octanol–water partition coefficient (Wildman–Crippen LogP) is 1.53. The normalized spacial score (nSPS) is 9.00. The number of carbonyl (C=O) groups excluding carboxylic acids is 1. The number of aryl methyl sites for hydroxylation is 1. The summed E-state index contributed by atoms with van der Waals surface area (Å²) in [6.45, 7) is 2.08. The van der Waals surface area contributed by atoms with Crippen LogP contribution in [0.2, 0.25) is 0 Å². The molecular formula is C12H17NO4. The molecule has 5 heteroatoms. The molecule has 0 aliphatic carbocycles. The molecule has 94 valence electrons. The highest BCUT2D eigenvalue weighted by Crippen LogP contribution is 2.19. The number of phenols is 1. The number of amides is 1. The number of carboxylic acid groups (broad SMARTS) is 1. The number of nitrogens with two attached hydrogens (primary N) is 1. The van der Waals surface area contributed by atoms with Crippen LogP contribution in [0.1, 0.15) is 35.7 Å². The summed E-state index contributed by atoms with van der Waals surface area (Å²) in [5.41, 5.74) is 5.11. The van der Waals surface area contributed by atoms with Crippen molar-refractivity contribution in [3.63, 3.8) is 0 Å². The summed E-state index contributed by atoms with van der Waals surface area (Å²) < 4.78 is 0. The van der Waals surface area contributed by atoms with Crippen LogP contribution in [-0.4, -0.2) is 22.6 Å². The predicted molar refractivity (Wildman–Crippen MR) is 63.9 cm³/mol. The summed E-state index contributed by atoms with van der Waals surface area (Å²) in [7, 11) is 0. The van der Waals surface area contributed by atoms with E-state index in [2.05, 4.69) is 12.7 Å². The topological polar surface area (TPSA) is 101 Å². The zero-order valence-electron chi connectivity index (χ0n) is 9.72. The average molecular weight is 239 g/mol. The summed E-state index contributed by atoms with van der Waals surface area (Å²) in [5.74, 6) is -1.25. The van der Waals surface area contributed by atoms with Gasteiger partial charge in [-0.3, -0.25) is 4.79 Å². The highest BCUT2D eigenvalue weighted by Gasteiger charge is 2.09. The summed E-state index contributed by atoms with van der Waals surface area (Å²) in [6, 6.07) is 4.74. The monoisotopic (exact) mass is 239 g/mol. The molecule has 1 aromatic rings. The lowest BCUT2D eigenvalue weighted by atomic mass is 10.0. The van der Waals surface area contributed by atoms with Crippen molar-refractivity contribution in [1.29, 1.82) is 0 Å². The number of aromatic carboxylic acids is 1. The minimum atomic E-state index is -1.08. The lowest BCUT2D eigenvalue weighted by Gasteiger charge is -2.03. The summed E-state index contributed by atoms with van der Waals surface area (Å²) in [6.07, 6.45) is 3.21. The SMILES string of the molecule is CCCCc1ccc(O)c(C(=O)O)c1.NC=O. The van der Waals surface area contributed by atoms with Gasteiger partial charge >= 0.3 is 5.97 Å². The van der Waals surface area contributed by atoms with Gasteiger partial charge in [-0.15, -0.1) is 0 Å². The first-order valence-corrected chi connectivity index (χ1v) is 5.27. The first-order chi connectivity index (χ1) is 8.06. The Morgan fingerprint density at radius 1 is 1.47 bits per heavy atom. The molecule has 1 rings (SSSR count). The largest absolute Gasteiger partial charge is 0.507 e. The van der Waals surface area contributed by atoms with Gasteiger partial charge in [-0.1, -0.05) is 19.4 Å². The quantitative estimate of drug-likeness (QED) is 0.693. The molecule has 1 amide bonds. The third-order valence-electron chi connectivity index (χ3n) is 2.11. The van der Waals surface area contributed by atoms with Gasteiger partial charge in [-0.25, -0.2) is 4.79 Å². The van der Waals surface area contributed by atoms with E-state index in [1.165, 1.54) is 12.1 Å². The van der Waals surface area contributed by atoms with Gasteiger partial charge in [0.05, 0.1) is 0 Å². The molecule has 0 aliphatic rings. The van der Waals surface area contributed by atoms with E-state index in [0.29, 0.717) is 0 Å². The molecule has 0 bridgehead atoms. The third-order valence-corrected chi connectivity index (χ3v) is 2.11. The number of aromatic hydroxyl groups is 1. The molecule has 0 aliphatic heterocycles. The zero-order valence-corrected chi connectivity index (χ0v) is 9.72. The zero-order chi connectivity index (χ0) is 13.3. The number of carboxylic acids is 1. The van der Waals surface area contributed by atoms with Crippen molar-refractivity contribution in [3.05, 3.63) is 29.3 Å². The van der Waals surface area contributed by atoms with E-state index in [-0.39, 0.29) is 17.7 Å². The molecule has 0 heterocycles.